The van der Waals surface area contributed by atoms with Crippen molar-refractivity contribution < 1.29 is 8.42 Å². The van der Waals surface area contributed by atoms with Gasteiger partial charge in [0.1, 0.15) is 0 Å². The third-order valence-electron chi connectivity index (χ3n) is 3.47. The van der Waals surface area contributed by atoms with Crippen LogP contribution in [0.5, 0.6) is 0 Å². The second-order valence-corrected chi connectivity index (χ2v) is 7.51. The summed E-state index contributed by atoms with van der Waals surface area (Å²) in [5.41, 5.74) is 3.34. The highest BCUT2D eigenvalue weighted by molar-refractivity contribution is 7.89. The fourth-order valence-corrected chi connectivity index (χ4v) is 3.54. The molecule has 0 atom stereocenters. The molecule has 1 aromatic heterocycles. The van der Waals surface area contributed by atoms with E-state index < -0.39 is 10.0 Å². The Hall–Kier alpha value is -2.22. The second kappa shape index (κ2) is 5.77. The predicted molar refractivity (Wildman–Crippen MR) is 91.5 cm³/mol. The molecule has 0 spiro atoms. The van der Waals surface area contributed by atoms with Crippen LogP contribution in [-0.4, -0.2) is 13.0 Å². The monoisotopic (exact) mass is 346 g/mol. The maximum absolute atomic E-state index is 12.2. The molecular weight excluding hydrogens is 332 g/mol. The van der Waals surface area contributed by atoms with Crippen molar-refractivity contribution in [2.75, 3.05) is 0 Å². The molecule has 2 aromatic carbocycles. The number of nitrogens with zero attached hydrogens (tertiary/aromatic N) is 1. The van der Waals surface area contributed by atoms with E-state index in [1.165, 1.54) is 12.1 Å². The van der Waals surface area contributed by atoms with Gasteiger partial charge >= 0.3 is 4.87 Å². The molecule has 0 saturated heterocycles. The number of thiazole rings is 1. The van der Waals surface area contributed by atoms with Crippen LogP contribution in [0.3, 0.4) is 0 Å². The fraction of sp³-hybridized carbons (Fsp3) is 0.0625. The first kappa shape index (κ1) is 15.7. The molecule has 0 aliphatic rings. The molecule has 0 aliphatic heterocycles. The van der Waals surface area contributed by atoms with Gasteiger partial charge in [-0.2, -0.15) is 0 Å². The van der Waals surface area contributed by atoms with Crippen molar-refractivity contribution in [3.05, 3.63) is 69.1 Å². The van der Waals surface area contributed by atoms with E-state index in [4.69, 9.17) is 5.14 Å². The topological polar surface area (TPSA) is 82.2 Å². The molecule has 23 heavy (non-hydrogen) atoms. The molecule has 0 fully saturated rings. The molecule has 0 radical (unpaired) electrons. The molecule has 0 bridgehead atoms. The zero-order valence-electron chi connectivity index (χ0n) is 12.3. The summed E-state index contributed by atoms with van der Waals surface area (Å²) >= 11 is 1.10. The first-order valence-corrected chi connectivity index (χ1v) is 9.20. The van der Waals surface area contributed by atoms with Crippen molar-refractivity contribution in [3.8, 4) is 16.9 Å². The summed E-state index contributed by atoms with van der Waals surface area (Å²) in [6.45, 7) is 1.98. The number of hydrogen-bond donors (Lipinski definition) is 1. The minimum absolute atomic E-state index is 0.0423. The summed E-state index contributed by atoms with van der Waals surface area (Å²) in [6, 6.07) is 13.8. The Morgan fingerprint density at radius 3 is 2.17 bits per heavy atom. The highest BCUT2D eigenvalue weighted by Crippen LogP contribution is 2.24. The normalized spacial score (nSPS) is 11.6. The van der Waals surface area contributed by atoms with Gasteiger partial charge in [0.05, 0.1) is 16.3 Å². The second-order valence-electron chi connectivity index (χ2n) is 5.13. The summed E-state index contributed by atoms with van der Waals surface area (Å²) < 4.78 is 24.3. The molecule has 3 aromatic rings. The Bertz CT molecular complexity index is 999. The minimum Gasteiger partial charge on any atom is -0.267 e. The van der Waals surface area contributed by atoms with E-state index in [9.17, 15) is 13.2 Å². The number of sulfonamides is 1. The lowest BCUT2D eigenvalue weighted by Gasteiger charge is -2.08. The van der Waals surface area contributed by atoms with Gasteiger partial charge in [0.2, 0.25) is 10.0 Å². The number of benzene rings is 2. The summed E-state index contributed by atoms with van der Waals surface area (Å²) in [5, 5.41) is 6.86. The van der Waals surface area contributed by atoms with Crippen LogP contribution in [0, 0.1) is 6.92 Å². The highest BCUT2D eigenvalue weighted by atomic mass is 32.2. The van der Waals surface area contributed by atoms with E-state index in [-0.39, 0.29) is 9.77 Å². The SMILES string of the molecule is Cc1ccc(-n2c(-c3ccc(S(N)(=O)=O)cc3)csc2=O)cc1. The minimum atomic E-state index is -3.73. The molecule has 2 N–H and O–H groups in total. The van der Waals surface area contributed by atoms with E-state index in [0.717, 1.165) is 28.2 Å². The van der Waals surface area contributed by atoms with Crippen molar-refractivity contribution >= 4 is 21.4 Å². The summed E-state index contributed by atoms with van der Waals surface area (Å²) in [6.07, 6.45) is 0. The van der Waals surface area contributed by atoms with E-state index in [0.29, 0.717) is 5.69 Å². The van der Waals surface area contributed by atoms with Crippen LogP contribution in [-0.2, 0) is 10.0 Å². The van der Waals surface area contributed by atoms with Crippen LogP contribution in [0.25, 0.3) is 16.9 Å². The van der Waals surface area contributed by atoms with Crippen LogP contribution in [0.2, 0.25) is 0 Å². The summed E-state index contributed by atoms with van der Waals surface area (Å²) in [5.74, 6) is 0. The lowest BCUT2D eigenvalue weighted by atomic mass is 10.1. The number of nitrogens with two attached hydrogens (primary N) is 1. The third kappa shape index (κ3) is 3.12. The van der Waals surface area contributed by atoms with Gasteiger partial charge in [-0.1, -0.05) is 41.2 Å². The molecule has 118 valence electrons. The van der Waals surface area contributed by atoms with Crippen LogP contribution >= 0.6 is 11.3 Å². The average Bonchev–Trinajstić information content (AvgIpc) is 2.89. The largest absolute Gasteiger partial charge is 0.312 e. The van der Waals surface area contributed by atoms with Gasteiger partial charge in [0, 0.05) is 5.38 Å². The number of primary sulfonamides is 1. The van der Waals surface area contributed by atoms with E-state index in [2.05, 4.69) is 0 Å². The van der Waals surface area contributed by atoms with Gasteiger partial charge in [0.25, 0.3) is 0 Å². The maximum atomic E-state index is 12.2. The Balaban J connectivity index is 2.12. The van der Waals surface area contributed by atoms with E-state index in [1.807, 2.05) is 31.2 Å². The third-order valence-corrected chi connectivity index (χ3v) is 5.12. The number of rotatable bonds is 3. The molecule has 7 heteroatoms. The number of aryl methyl sites for hydroxylation is 1. The maximum Gasteiger partial charge on any atom is 0.312 e. The standard InChI is InChI=1S/C16H14N2O3S2/c1-11-2-6-13(7-3-11)18-15(10-22-16(18)19)12-4-8-14(9-5-12)23(17,20)21/h2-10H,1H3,(H2,17,20,21). The van der Waals surface area contributed by atoms with Crippen molar-refractivity contribution in [3.63, 3.8) is 0 Å². The zero-order valence-corrected chi connectivity index (χ0v) is 13.9. The number of aromatic nitrogens is 1. The summed E-state index contributed by atoms with van der Waals surface area (Å²) in [4.78, 5) is 12.1. The quantitative estimate of drug-likeness (QED) is 0.791. The fourth-order valence-electron chi connectivity index (χ4n) is 2.26. The van der Waals surface area contributed by atoms with Crippen LogP contribution in [0.1, 0.15) is 5.56 Å². The first-order chi connectivity index (χ1) is 10.9. The Kier molecular flexibility index (Phi) is 3.93. The van der Waals surface area contributed by atoms with Gasteiger partial charge in [0.15, 0.2) is 0 Å². The van der Waals surface area contributed by atoms with Crippen LogP contribution < -0.4 is 10.0 Å². The van der Waals surface area contributed by atoms with Crippen molar-refractivity contribution in [1.29, 1.82) is 0 Å². The smallest absolute Gasteiger partial charge is 0.267 e. The molecule has 1 heterocycles. The van der Waals surface area contributed by atoms with Crippen LogP contribution in [0.4, 0.5) is 0 Å². The lowest BCUT2D eigenvalue weighted by molar-refractivity contribution is 0.598. The molecular formula is C16H14N2O3S2. The van der Waals surface area contributed by atoms with Crippen molar-refractivity contribution in [1.82, 2.24) is 4.57 Å². The molecule has 0 amide bonds. The van der Waals surface area contributed by atoms with Gasteiger partial charge < -0.3 is 0 Å². The van der Waals surface area contributed by atoms with Gasteiger partial charge in [-0.05, 0) is 36.8 Å². The zero-order chi connectivity index (χ0) is 16.6. The van der Waals surface area contributed by atoms with Crippen LogP contribution in [0.15, 0.2) is 63.6 Å². The molecule has 5 nitrogen and oxygen atoms in total. The van der Waals surface area contributed by atoms with Gasteiger partial charge in [-0.25, -0.2) is 13.6 Å². The molecule has 0 aliphatic carbocycles. The lowest BCUT2D eigenvalue weighted by Crippen LogP contribution is -2.13. The van der Waals surface area contributed by atoms with Crippen molar-refractivity contribution in [2.45, 2.75) is 11.8 Å². The Morgan fingerprint density at radius 2 is 1.61 bits per heavy atom. The first-order valence-electron chi connectivity index (χ1n) is 6.77. The number of hydrogen-bond acceptors (Lipinski definition) is 4. The average molecular weight is 346 g/mol. The van der Waals surface area contributed by atoms with Gasteiger partial charge in [-0.3, -0.25) is 9.36 Å². The predicted octanol–water partition coefficient (Wildman–Crippen LogP) is 2.52. The highest BCUT2D eigenvalue weighted by Gasteiger charge is 2.13. The van der Waals surface area contributed by atoms with Crippen molar-refractivity contribution in [2.24, 2.45) is 5.14 Å². The Morgan fingerprint density at radius 1 is 1.00 bits per heavy atom. The molecule has 3 rings (SSSR count). The summed E-state index contributed by atoms with van der Waals surface area (Å²) in [7, 11) is -3.73. The molecule has 0 unspecified atom stereocenters. The van der Waals surface area contributed by atoms with E-state index in [1.54, 1.807) is 22.1 Å². The van der Waals surface area contributed by atoms with E-state index >= 15 is 0 Å². The molecule has 0 saturated carbocycles. The Labute approximate surface area is 137 Å². The van der Waals surface area contributed by atoms with Gasteiger partial charge in [-0.15, -0.1) is 0 Å².